The second kappa shape index (κ2) is 6.65. The number of carbonyl (C=O) groups is 1. The zero-order chi connectivity index (χ0) is 18.0. The second-order valence-electron chi connectivity index (χ2n) is 5.83. The molecule has 2 aromatic heterocycles. The van der Waals surface area contributed by atoms with Crippen molar-refractivity contribution in [3.8, 4) is 5.75 Å². The van der Waals surface area contributed by atoms with E-state index in [0.29, 0.717) is 16.7 Å². The predicted molar refractivity (Wildman–Crippen MR) is 93.7 cm³/mol. The number of rotatable bonds is 5. The van der Waals surface area contributed by atoms with Gasteiger partial charge in [-0.05, 0) is 26.0 Å². The number of anilines is 1. The van der Waals surface area contributed by atoms with Gasteiger partial charge in [-0.1, -0.05) is 11.3 Å². The zero-order valence-corrected chi connectivity index (χ0v) is 14.8. The van der Waals surface area contributed by atoms with E-state index in [-0.39, 0.29) is 12.4 Å². The fourth-order valence-electron chi connectivity index (χ4n) is 2.04. The lowest BCUT2D eigenvalue weighted by Crippen LogP contribution is -2.28. The molecule has 4 N–H and O–H groups in total. The van der Waals surface area contributed by atoms with Gasteiger partial charge in [0.15, 0.2) is 11.0 Å². The summed E-state index contributed by atoms with van der Waals surface area (Å²) in [5.41, 5.74) is -0.385. The number of aliphatic hydroxyl groups is 1. The lowest BCUT2D eigenvalue weighted by atomic mass is 10.1. The number of aromatic amines is 1. The molecule has 0 spiro atoms. The van der Waals surface area contributed by atoms with Gasteiger partial charge in [-0.25, -0.2) is 14.8 Å². The van der Waals surface area contributed by atoms with Crippen LogP contribution in [0.1, 0.15) is 25.5 Å². The molecule has 132 valence electrons. The first-order valence-electron chi connectivity index (χ1n) is 7.49. The number of H-pyrrole nitrogens is 1. The lowest BCUT2D eigenvalue weighted by Gasteiger charge is -2.10. The number of aromatic nitrogens is 4. The number of carbonyl (C=O) groups excluding carboxylic acids is 1. The second-order valence-corrected chi connectivity index (χ2v) is 6.86. The molecule has 3 rings (SSSR count). The van der Waals surface area contributed by atoms with Crippen molar-refractivity contribution in [1.82, 2.24) is 25.5 Å². The first kappa shape index (κ1) is 17.1. The van der Waals surface area contributed by atoms with Crippen LogP contribution >= 0.6 is 11.3 Å². The Morgan fingerprint density at radius 1 is 1.40 bits per heavy atom. The van der Waals surface area contributed by atoms with E-state index in [9.17, 15) is 9.90 Å². The third-order valence-corrected chi connectivity index (χ3v) is 4.26. The third kappa shape index (κ3) is 4.03. The van der Waals surface area contributed by atoms with Crippen molar-refractivity contribution in [2.24, 2.45) is 0 Å². The number of urea groups is 1. The molecule has 0 aliphatic rings. The van der Waals surface area contributed by atoms with Crippen LogP contribution in [0.5, 0.6) is 5.75 Å². The summed E-state index contributed by atoms with van der Waals surface area (Å²) >= 11 is 1.37. The standard InChI is InChI=1S/C15H18N6O3S/c1-15(2,23)12-18-11(20-21-12)7-16-13(22)19-14-17-9-6-8(24-3)4-5-10(9)25-14/h4-6,23H,7H2,1-3H3,(H,18,20,21)(H2,16,17,19,22). The van der Waals surface area contributed by atoms with Crippen LogP contribution in [0.25, 0.3) is 10.2 Å². The third-order valence-electron chi connectivity index (χ3n) is 3.31. The van der Waals surface area contributed by atoms with Gasteiger partial charge in [0.2, 0.25) is 0 Å². The monoisotopic (exact) mass is 362 g/mol. The van der Waals surface area contributed by atoms with Gasteiger partial charge < -0.3 is 15.2 Å². The molecular weight excluding hydrogens is 344 g/mol. The van der Waals surface area contributed by atoms with Crippen LogP contribution in [-0.2, 0) is 12.1 Å². The quantitative estimate of drug-likeness (QED) is 0.550. The van der Waals surface area contributed by atoms with Gasteiger partial charge in [0.05, 0.1) is 23.9 Å². The normalized spacial score (nSPS) is 11.5. The SMILES string of the molecule is COc1ccc2sc(NC(=O)NCc3nc(C(C)(C)O)n[nH]3)nc2c1. The topological polar surface area (TPSA) is 125 Å². The maximum absolute atomic E-state index is 12.0. The van der Waals surface area contributed by atoms with Gasteiger partial charge in [-0.3, -0.25) is 10.4 Å². The van der Waals surface area contributed by atoms with E-state index < -0.39 is 11.6 Å². The number of ether oxygens (including phenoxy) is 1. The number of thiazole rings is 1. The highest BCUT2D eigenvalue weighted by Crippen LogP contribution is 2.28. The molecule has 0 fully saturated rings. The fraction of sp³-hybridized carbons (Fsp3) is 0.333. The van der Waals surface area contributed by atoms with Gasteiger partial charge in [-0.15, -0.1) is 0 Å². The van der Waals surface area contributed by atoms with Crippen LogP contribution < -0.4 is 15.4 Å². The zero-order valence-electron chi connectivity index (χ0n) is 14.0. The summed E-state index contributed by atoms with van der Waals surface area (Å²) < 4.78 is 6.10. The summed E-state index contributed by atoms with van der Waals surface area (Å²) in [6.07, 6.45) is 0. The summed E-state index contributed by atoms with van der Waals surface area (Å²) in [5, 5.41) is 22.2. The molecular formula is C15H18N6O3S. The van der Waals surface area contributed by atoms with Gasteiger partial charge in [0.1, 0.15) is 17.2 Å². The number of fused-ring (bicyclic) bond motifs is 1. The van der Waals surface area contributed by atoms with E-state index in [0.717, 1.165) is 10.2 Å². The van der Waals surface area contributed by atoms with Crippen molar-refractivity contribution < 1.29 is 14.6 Å². The molecule has 0 aliphatic heterocycles. The first-order valence-corrected chi connectivity index (χ1v) is 8.30. The van der Waals surface area contributed by atoms with Crippen molar-refractivity contribution in [1.29, 1.82) is 0 Å². The molecule has 10 heteroatoms. The predicted octanol–water partition coefficient (Wildman–Crippen LogP) is 1.97. The van der Waals surface area contributed by atoms with Crippen LogP contribution in [-0.4, -0.2) is 38.4 Å². The number of amides is 2. The van der Waals surface area contributed by atoms with Crippen LogP contribution in [0.4, 0.5) is 9.93 Å². The Hall–Kier alpha value is -2.72. The average Bonchev–Trinajstić information content (AvgIpc) is 3.18. The number of methoxy groups -OCH3 is 1. The maximum atomic E-state index is 12.0. The highest BCUT2D eigenvalue weighted by atomic mass is 32.1. The summed E-state index contributed by atoms with van der Waals surface area (Å²) in [4.78, 5) is 20.5. The minimum atomic E-state index is -1.14. The molecule has 1 aromatic carbocycles. The van der Waals surface area contributed by atoms with E-state index in [1.165, 1.54) is 11.3 Å². The van der Waals surface area contributed by atoms with Crippen molar-refractivity contribution in [3.05, 3.63) is 29.8 Å². The Morgan fingerprint density at radius 2 is 2.20 bits per heavy atom. The van der Waals surface area contributed by atoms with Crippen molar-refractivity contribution in [3.63, 3.8) is 0 Å². The Morgan fingerprint density at radius 3 is 2.88 bits per heavy atom. The molecule has 0 unspecified atom stereocenters. The summed E-state index contributed by atoms with van der Waals surface area (Å²) in [5.74, 6) is 1.42. The highest BCUT2D eigenvalue weighted by Gasteiger charge is 2.21. The van der Waals surface area contributed by atoms with Crippen LogP contribution in [0.15, 0.2) is 18.2 Å². The summed E-state index contributed by atoms with van der Waals surface area (Å²) in [6, 6.07) is 5.13. The molecule has 0 aliphatic carbocycles. The van der Waals surface area contributed by atoms with Gasteiger partial charge in [-0.2, -0.15) is 5.10 Å². The number of nitrogens with zero attached hydrogens (tertiary/aromatic N) is 3. The van der Waals surface area contributed by atoms with E-state index in [4.69, 9.17) is 4.74 Å². The molecule has 0 bridgehead atoms. The van der Waals surface area contributed by atoms with E-state index in [1.54, 1.807) is 21.0 Å². The number of hydrogen-bond donors (Lipinski definition) is 4. The number of benzene rings is 1. The number of hydrogen-bond acceptors (Lipinski definition) is 7. The molecule has 25 heavy (non-hydrogen) atoms. The molecule has 0 radical (unpaired) electrons. The average molecular weight is 362 g/mol. The Bertz CT molecular complexity index is 898. The molecule has 2 heterocycles. The minimum absolute atomic E-state index is 0.146. The number of nitrogens with one attached hydrogen (secondary N) is 3. The molecule has 9 nitrogen and oxygen atoms in total. The molecule has 0 atom stereocenters. The summed E-state index contributed by atoms with van der Waals surface area (Å²) in [6.45, 7) is 3.32. The molecule has 3 aromatic rings. The largest absolute Gasteiger partial charge is 0.497 e. The Balaban J connectivity index is 1.60. The first-order chi connectivity index (χ1) is 11.8. The smallest absolute Gasteiger partial charge is 0.321 e. The van der Waals surface area contributed by atoms with Crippen LogP contribution in [0.2, 0.25) is 0 Å². The van der Waals surface area contributed by atoms with Crippen molar-refractivity contribution in [2.75, 3.05) is 12.4 Å². The van der Waals surface area contributed by atoms with Crippen LogP contribution in [0.3, 0.4) is 0 Å². The van der Waals surface area contributed by atoms with E-state index in [2.05, 4.69) is 30.8 Å². The van der Waals surface area contributed by atoms with Crippen LogP contribution in [0, 0.1) is 0 Å². The minimum Gasteiger partial charge on any atom is -0.497 e. The van der Waals surface area contributed by atoms with Gasteiger partial charge in [0.25, 0.3) is 0 Å². The van der Waals surface area contributed by atoms with E-state index >= 15 is 0 Å². The fourth-order valence-corrected chi connectivity index (χ4v) is 2.88. The maximum Gasteiger partial charge on any atom is 0.321 e. The van der Waals surface area contributed by atoms with E-state index in [1.807, 2.05) is 18.2 Å². The van der Waals surface area contributed by atoms with Crippen molar-refractivity contribution in [2.45, 2.75) is 26.0 Å². The Kier molecular flexibility index (Phi) is 4.55. The van der Waals surface area contributed by atoms with Gasteiger partial charge in [0, 0.05) is 6.07 Å². The Labute approximate surface area is 147 Å². The lowest BCUT2D eigenvalue weighted by molar-refractivity contribution is 0.0690. The summed E-state index contributed by atoms with van der Waals surface area (Å²) in [7, 11) is 1.59. The van der Waals surface area contributed by atoms with Gasteiger partial charge >= 0.3 is 6.03 Å². The highest BCUT2D eigenvalue weighted by molar-refractivity contribution is 7.22. The van der Waals surface area contributed by atoms with Crippen molar-refractivity contribution >= 4 is 32.7 Å². The molecule has 2 amide bonds. The molecule has 0 saturated heterocycles. The molecule has 0 saturated carbocycles.